The number of hydrogen-bond acceptors (Lipinski definition) is 2. The Morgan fingerprint density at radius 3 is 2.27 bits per heavy atom. The van der Waals surface area contributed by atoms with Gasteiger partial charge in [0.05, 0.1) is 0 Å². The van der Waals surface area contributed by atoms with Crippen LogP contribution < -0.4 is 5.32 Å². The molecular weight excluding hydrogens is 366 g/mol. The summed E-state index contributed by atoms with van der Waals surface area (Å²) < 4.78 is 5.89. The molecule has 0 saturated carbocycles. The number of para-hydroxylation sites is 2. The van der Waals surface area contributed by atoms with Crippen molar-refractivity contribution in [1.29, 1.82) is 0 Å². The number of nitrogens with one attached hydrogen (secondary N) is 1. The van der Waals surface area contributed by atoms with Crippen LogP contribution >= 0.6 is 0 Å². The molecule has 2 heteroatoms. The Morgan fingerprint density at radius 1 is 0.867 bits per heavy atom. The van der Waals surface area contributed by atoms with Crippen molar-refractivity contribution in [3.8, 4) is 0 Å². The first-order valence-corrected chi connectivity index (χ1v) is 10.6. The highest BCUT2D eigenvalue weighted by Crippen LogP contribution is 2.35. The number of furan rings is 1. The second kappa shape index (κ2) is 8.55. The second-order valence-corrected chi connectivity index (χ2v) is 9.38. The van der Waals surface area contributed by atoms with Crippen LogP contribution in [-0.4, -0.2) is 6.54 Å². The molecule has 0 bridgehead atoms. The van der Waals surface area contributed by atoms with Crippen LogP contribution in [-0.2, 0) is 5.41 Å². The maximum Gasteiger partial charge on any atom is 0.135 e. The maximum absolute atomic E-state index is 5.89. The standard InChI is InChI=1S/C16H16O.C11H15N.CH4/c1-16(2,3)11-8-9-13-12-6-4-5-7-14(12)17-15(13)10-11;1-8(2)10-7-12-11-6-4-3-5-9(10)11;/h4-10H,1-3H3;3-6,8,10,12H,7H2,1-2H3;1H4. The molecule has 5 rings (SSSR count). The summed E-state index contributed by atoms with van der Waals surface area (Å²) in [6.45, 7) is 12.3. The van der Waals surface area contributed by atoms with Crippen molar-refractivity contribution in [2.45, 2.75) is 53.4 Å². The van der Waals surface area contributed by atoms with Crippen molar-refractivity contribution in [2.75, 3.05) is 11.9 Å². The molecule has 0 aliphatic carbocycles. The first kappa shape index (κ1) is 22.0. The van der Waals surface area contributed by atoms with Crippen molar-refractivity contribution in [1.82, 2.24) is 0 Å². The van der Waals surface area contributed by atoms with E-state index in [0.717, 1.165) is 23.6 Å². The van der Waals surface area contributed by atoms with Crippen LogP contribution in [0.2, 0.25) is 0 Å². The fourth-order valence-electron chi connectivity index (χ4n) is 4.10. The lowest BCUT2D eigenvalue weighted by Crippen LogP contribution is -2.10. The molecular formula is C28H35NO. The molecule has 1 N–H and O–H groups in total. The summed E-state index contributed by atoms with van der Waals surface area (Å²) in [5.41, 5.74) is 6.24. The Kier molecular flexibility index (Phi) is 6.26. The van der Waals surface area contributed by atoms with E-state index in [0.29, 0.717) is 5.92 Å². The van der Waals surface area contributed by atoms with E-state index in [1.165, 1.54) is 27.6 Å². The van der Waals surface area contributed by atoms with Gasteiger partial charge in [0, 0.05) is 28.9 Å². The molecule has 1 atom stereocenters. The lowest BCUT2D eigenvalue weighted by molar-refractivity contribution is 0.533. The van der Waals surface area contributed by atoms with Crippen molar-refractivity contribution < 1.29 is 4.42 Å². The molecule has 0 amide bonds. The average Bonchev–Trinajstić information content (AvgIpc) is 3.29. The van der Waals surface area contributed by atoms with Crippen molar-refractivity contribution >= 4 is 27.6 Å². The van der Waals surface area contributed by atoms with E-state index in [1.807, 2.05) is 12.1 Å². The average molecular weight is 402 g/mol. The van der Waals surface area contributed by atoms with Gasteiger partial charge in [-0.3, -0.25) is 0 Å². The SMILES string of the molecule is C.CC(C)(C)c1ccc2c(c1)oc1ccccc12.CC(C)C1CNc2ccccc21. The normalized spacial score (nSPS) is 15.3. The van der Waals surface area contributed by atoms with Crippen LogP contribution in [0.5, 0.6) is 0 Å². The Hall–Kier alpha value is -2.74. The van der Waals surface area contributed by atoms with Gasteiger partial charge in [-0.25, -0.2) is 0 Å². The molecule has 4 aromatic rings. The molecule has 1 aromatic heterocycles. The molecule has 0 radical (unpaired) electrons. The van der Waals surface area contributed by atoms with Gasteiger partial charge in [0.25, 0.3) is 0 Å². The largest absolute Gasteiger partial charge is 0.456 e. The van der Waals surface area contributed by atoms with E-state index in [4.69, 9.17) is 4.42 Å². The Bertz CT molecular complexity index is 1130. The van der Waals surface area contributed by atoms with Crippen LogP contribution in [0.25, 0.3) is 21.9 Å². The zero-order chi connectivity index (χ0) is 20.6. The number of hydrogen-bond donors (Lipinski definition) is 1. The highest BCUT2D eigenvalue weighted by molar-refractivity contribution is 6.04. The molecule has 30 heavy (non-hydrogen) atoms. The van der Waals surface area contributed by atoms with E-state index < -0.39 is 0 Å². The summed E-state index contributed by atoms with van der Waals surface area (Å²) in [7, 11) is 0. The topological polar surface area (TPSA) is 25.2 Å². The van der Waals surface area contributed by atoms with Gasteiger partial charge in [0.15, 0.2) is 0 Å². The third-order valence-corrected chi connectivity index (χ3v) is 5.92. The summed E-state index contributed by atoms with van der Waals surface area (Å²) in [6.07, 6.45) is 0. The third-order valence-electron chi connectivity index (χ3n) is 5.92. The van der Waals surface area contributed by atoms with Gasteiger partial charge in [-0.1, -0.05) is 90.6 Å². The predicted octanol–water partition coefficient (Wildman–Crippen LogP) is 8.37. The fourth-order valence-corrected chi connectivity index (χ4v) is 4.10. The van der Waals surface area contributed by atoms with Crippen molar-refractivity contribution in [3.05, 3.63) is 77.9 Å². The number of rotatable bonds is 1. The van der Waals surface area contributed by atoms with Gasteiger partial charge >= 0.3 is 0 Å². The Morgan fingerprint density at radius 2 is 1.53 bits per heavy atom. The highest BCUT2D eigenvalue weighted by atomic mass is 16.3. The molecule has 2 nitrogen and oxygen atoms in total. The van der Waals surface area contributed by atoms with Crippen LogP contribution in [0.4, 0.5) is 5.69 Å². The van der Waals surface area contributed by atoms with Crippen LogP contribution in [0, 0.1) is 5.92 Å². The molecule has 1 aliphatic heterocycles. The Labute approximate surface area is 181 Å². The molecule has 0 fully saturated rings. The van der Waals surface area contributed by atoms with Crippen LogP contribution in [0.1, 0.15) is 59.1 Å². The highest BCUT2D eigenvalue weighted by Gasteiger charge is 2.23. The van der Waals surface area contributed by atoms with E-state index in [-0.39, 0.29) is 12.8 Å². The number of fused-ring (bicyclic) bond motifs is 4. The minimum atomic E-state index is 0. The van der Waals surface area contributed by atoms with Crippen molar-refractivity contribution in [3.63, 3.8) is 0 Å². The van der Waals surface area contributed by atoms with Gasteiger partial charge in [-0.05, 0) is 40.7 Å². The zero-order valence-corrected chi connectivity index (χ0v) is 18.1. The van der Waals surface area contributed by atoms with Crippen LogP contribution in [0.3, 0.4) is 0 Å². The summed E-state index contributed by atoms with van der Waals surface area (Å²) in [5.74, 6) is 1.45. The van der Waals surface area contributed by atoms with E-state index in [9.17, 15) is 0 Å². The summed E-state index contributed by atoms with van der Waals surface area (Å²) in [5, 5.41) is 5.83. The van der Waals surface area contributed by atoms with E-state index in [2.05, 4.69) is 94.5 Å². The minimum absolute atomic E-state index is 0. The maximum atomic E-state index is 5.89. The fraction of sp³-hybridized carbons (Fsp3) is 0.357. The summed E-state index contributed by atoms with van der Waals surface area (Å²) in [6, 6.07) is 23.3. The number of anilines is 1. The quantitative estimate of drug-likeness (QED) is 0.346. The van der Waals surface area contributed by atoms with Gasteiger partial charge in [-0.2, -0.15) is 0 Å². The minimum Gasteiger partial charge on any atom is -0.456 e. The molecule has 1 aliphatic rings. The van der Waals surface area contributed by atoms with Gasteiger partial charge < -0.3 is 9.73 Å². The van der Waals surface area contributed by atoms with Crippen LogP contribution in [0.15, 0.2) is 71.1 Å². The molecule has 2 heterocycles. The summed E-state index contributed by atoms with van der Waals surface area (Å²) >= 11 is 0. The first-order chi connectivity index (χ1) is 13.8. The molecule has 158 valence electrons. The zero-order valence-electron chi connectivity index (χ0n) is 18.1. The van der Waals surface area contributed by atoms with Gasteiger partial charge in [-0.15, -0.1) is 0 Å². The second-order valence-electron chi connectivity index (χ2n) is 9.38. The predicted molar refractivity (Wildman–Crippen MR) is 132 cm³/mol. The lowest BCUT2D eigenvalue weighted by atomic mass is 9.87. The summed E-state index contributed by atoms with van der Waals surface area (Å²) in [4.78, 5) is 0. The van der Waals surface area contributed by atoms with Gasteiger partial charge in [0.1, 0.15) is 11.2 Å². The molecule has 3 aromatic carbocycles. The molecule has 0 saturated heterocycles. The third kappa shape index (κ3) is 4.23. The van der Waals surface area contributed by atoms with E-state index in [1.54, 1.807) is 0 Å². The smallest absolute Gasteiger partial charge is 0.135 e. The lowest BCUT2D eigenvalue weighted by Gasteiger charge is -2.18. The monoisotopic (exact) mass is 401 g/mol. The van der Waals surface area contributed by atoms with E-state index >= 15 is 0 Å². The van der Waals surface area contributed by atoms with Crippen molar-refractivity contribution in [2.24, 2.45) is 5.92 Å². The molecule has 1 unspecified atom stereocenters. The first-order valence-electron chi connectivity index (χ1n) is 10.6. The molecule has 0 spiro atoms. The number of benzene rings is 3. The Balaban J connectivity index is 0.000000175. The van der Waals surface area contributed by atoms with Gasteiger partial charge in [0.2, 0.25) is 0 Å².